The van der Waals surface area contributed by atoms with E-state index in [9.17, 15) is 4.79 Å². The summed E-state index contributed by atoms with van der Waals surface area (Å²) in [6, 6.07) is 14.1. The molecule has 0 saturated carbocycles. The van der Waals surface area contributed by atoms with Gasteiger partial charge in [-0.2, -0.15) is 0 Å². The molecule has 3 heterocycles. The van der Waals surface area contributed by atoms with E-state index in [0.717, 1.165) is 48.7 Å². The molecule has 3 aromatic rings. The molecule has 0 atom stereocenters. The number of aromatic amines is 1. The molecule has 0 radical (unpaired) electrons. The van der Waals surface area contributed by atoms with Crippen LogP contribution in [-0.4, -0.2) is 60.7 Å². The number of hydrogen-bond donors (Lipinski definition) is 1. The Hall–Kier alpha value is -3.12. The van der Waals surface area contributed by atoms with E-state index in [4.69, 9.17) is 4.74 Å². The molecular formula is C23H26N4O2. The van der Waals surface area contributed by atoms with E-state index >= 15 is 0 Å². The van der Waals surface area contributed by atoms with Gasteiger partial charge in [0.2, 0.25) is 0 Å². The molecule has 0 unspecified atom stereocenters. The Labute approximate surface area is 171 Å². The van der Waals surface area contributed by atoms with Gasteiger partial charge in [0.05, 0.1) is 17.9 Å². The molecule has 6 nitrogen and oxygen atoms in total. The number of rotatable bonds is 5. The maximum atomic E-state index is 12.6. The van der Waals surface area contributed by atoms with E-state index < -0.39 is 0 Å². The number of pyridine rings is 1. The van der Waals surface area contributed by atoms with Crippen molar-refractivity contribution < 1.29 is 9.53 Å². The van der Waals surface area contributed by atoms with Crippen LogP contribution in [0.25, 0.3) is 22.5 Å². The Balaban J connectivity index is 1.66. The van der Waals surface area contributed by atoms with E-state index in [1.807, 2.05) is 25.1 Å². The summed E-state index contributed by atoms with van der Waals surface area (Å²) in [5, 5.41) is 0. The third-order valence-electron chi connectivity index (χ3n) is 5.33. The van der Waals surface area contributed by atoms with E-state index in [-0.39, 0.29) is 5.97 Å². The van der Waals surface area contributed by atoms with Gasteiger partial charge in [-0.3, -0.25) is 4.98 Å². The van der Waals surface area contributed by atoms with Crippen molar-refractivity contribution in [1.29, 1.82) is 0 Å². The molecule has 150 valence electrons. The van der Waals surface area contributed by atoms with Gasteiger partial charge in [-0.05, 0) is 49.9 Å². The number of carbonyl (C=O) groups excluding carboxylic acids is 1. The van der Waals surface area contributed by atoms with Gasteiger partial charge in [0.15, 0.2) is 0 Å². The minimum atomic E-state index is -0.317. The second kappa shape index (κ2) is 8.49. The number of esters is 1. The largest absolute Gasteiger partial charge is 0.462 e. The van der Waals surface area contributed by atoms with Crippen LogP contribution in [0, 0.1) is 0 Å². The quantitative estimate of drug-likeness (QED) is 0.674. The number of piperazine rings is 1. The Kier molecular flexibility index (Phi) is 5.62. The molecular weight excluding hydrogens is 364 g/mol. The molecule has 0 amide bonds. The number of H-pyrrole nitrogens is 1. The summed E-state index contributed by atoms with van der Waals surface area (Å²) >= 11 is 0. The van der Waals surface area contributed by atoms with Crippen LogP contribution in [-0.2, 0) is 4.74 Å². The number of anilines is 1. The minimum Gasteiger partial charge on any atom is -0.462 e. The lowest BCUT2D eigenvalue weighted by atomic mass is 10.1. The van der Waals surface area contributed by atoms with Crippen molar-refractivity contribution in [1.82, 2.24) is 14.9 Å². The number of hydrogen-bond acceptors (Lipinski definition) is 5. The first-order valence-electron chi connectivity index (χ1n) is 10.00. The maximum Gasteiger partial charge on any atom is 0.340 e. The monoisotopic (exact) mass is 390 g/mol. The Morgan fingerprint density at radius 1 is 1.03 bits per heavy atom. The molecule has 1 aliphatic heterocycles. The van der Waals surface area contributed by atoms with Crippen molar-refractivity contribution in [3.05, 3.63) is 60.4 Å². The number of nitrogens with one attached hydrogen (secondary N) is 1. The van der Waals surface area contributed by atoms with Crippen LogP contribution in [0.1, 0.15) is 17.3 Å². The normalized spacial score (nSPS) is 14.8. The summed E-state index contributed by atoms with van der Waals surface area (Å²) in [4.78, 5) is 24.8. The van der Waals surface area contributed by atoms with Crippen molar-refractivity contribution in [3.63, 3.8) is 0 Å². The topological polar surface area (TPSA) is 61.5 Å². The van der Waals surface area contributed by atoms with Gasteiger partial charge in [0, 0.05) is 55.5 Å². The van der Waals surface area contributed by atoms with Crippen LogP contribution >= 0.6 is 0 Å². The zero-order valence-electron chi connectivity index (χ0n) is 16.9. The smallest absolute Gasteiger partial charge is 0.340 e. The van der Waals surface area contributed by atoms with Gasteiger partial charge in [-0.1, -0.05) is 12.1 Å². The van der Waals surface area contributed by atoms with E-state index in [1.165, 1.54) is 5.69 Å². The van der Waals surface area contributed by atoms with Gasteiger partial charge in [0.1, 0.15) is 0 Å². The van der Waals surface area contributed by atoms with Crippen LogP contribution in [0.2, 0.25) is 0 Å². The fourth-order valence-corrected chi connectivity index (χ4v) is 3.64. The molecule has 1 aromatic carbocycles. The average molecular weight is 390 g/mol. The Morgan fingerprint density at radius 2 is 1.72 bits per heavy atom. The first kappa shape index (κ1) is 19.2. The summed E-state index contributed by atoms with van der Waals surface area (Å²) in [7, 11) is 2.16. The molecule has 1 saturated heterocycles. The molecule has 1 aliphatic rings. The zero-order valence-corrected chi connectivity index (χ0v) is 16.9. The van der Waals surface area contributed by atoms with Gasteiger partial charge in [-0.15, -0.1) is 0 Å². The Bertz CT molecular complexity index is 958. The lowest BCUT2D eigenvalue weighted by molar-refractivity contribution is 0.0527. The van der Waals surface area contributed by atoms with Crippen LogP contribution in [0.15, 0.2) is 54.9 Å². The van der Waals surface area contributed by atoms with Crippen molar-refractivity contribution in [2.24, 2.45) is 0 Å². The minimum absolute atomic E-state index is 0.317. The highest BCUT2D eigenvalue weighted by molar-refractivity contribution is 5.98. The third-order valence-corrected chi connectivity index (χ3v) is 5.33. The van der Waals surface area contributed by atoms with Crippen LogP contribution in [0.3, 0.4) is 0 Å². The summed E-state index contributed by atoms with van der Waals surface area (Å²) in [5.41, 5.74) is 5.34. The summed E-state index contributed by atoms with van der Waals surface area (Å²) in [6.45, 7) is 6.35. The molecule has 1 N–H and O–H groups in total. The van der Waals surface area contributed by atoms with Crippen molar-refractivity contribution in [2.45, 2.75) is 6.92 Å². The van der Waals surface area contributed by atoms with E-state index in [0.29, 0.717) is 12.2 Å². The molecule has 0 aliphatic carbocycles. The zero-order chi connectivity index (χ0) is 20.2. The summed E-state index contributed by atoms with van der Waals surface area (Å²) < 4.78 is 5.28. The van der Waals surface area contributed by atoms with Crippen LogP contribution in [0.4, 0.5) is 5.69 Å². The van der Waals surface area contributed by atoms with Gasteiger partial charge in [-0.25, -0.2) is 4.79 Å². The first-order valence-corrected chi connectivity index (χ1v) is 10.00. The van der Waals surface area contributed by atoms with E-state index in [2.05, 4.69) is 51.1 Å². The predicted molar refractivity (Wildman–Crippen MR) is 115 cm³/mol. The number of likely N-dealkylation sites (N-methyl/N-ethyl adjacent to an activating group) is 1. The second-order valence-corrected chi connectivity index (χ2v) is 7.27. The first-order chi connectivity index (χ1) is 14.2. The average Bonchev–Trinajstić information content (AvgIpc) is 3.21. The highest BCUT2D eigenvalue weighted by Crippen LogP contribution is 2.31. The number of benzene rings is 1. The lowest BCUT2D eigenvalue weighted by Crippen LogP contribution is -2.44. The molecule has 6 heteroatoms. The molecule has 0 bridgehead atoms. The highest BCUT2D eigenvalue weighted by atomic mass is 16.5. The predicted octanol–water partition coefficient (Wildman–Crippen LogP) is 3.67. The number of aromatic nitrogens is 2. The SMILES string of the molecule is CCOC(=O)c1cc(-c2ccncc2)[nH]c1-c1ccc(N2CCN(C)CC2)cc1. The standard InChI is InChI=1S/C23H26N4O2/c1-3-29-23(28)20-16-21(17-8-10-24-11-9-17)25-22(20)18-4-6-19(7-5-18)27-14-12-26(2)13-15-27/h4-11,16,25H,3,12-15H2,1-2H3. The number of carbonyl (C=O) groups is 1. The van der Waals surface area contributed by atoms with Crippen LogP contribution in [0.5, 0.6) is 0 Å². The molecule has 0 spiro atoms. The van der Waals surface area contributed by atoms with Crippen LogP contribution < -0.4 is 4.90 Å². The van der Waals surface area contributed by atoms with Crippen molar-refractivity contribution >= 4 is 11.7 Å². The van der Waals surface area contributed by atoms with Crippen molar-refractivity contribution in [2.75, 3.05) is 44.7 Å². The maximum absolute atomic E-state index is 12.6. The summed E-state index contributed by atoms with van der Waals surface area (Å²) in [5.74, 6) is -0.317. The molecule has 2 aromatic heterocycles. The fraction of sp³-hybridized carbons (Fsp3) is 0.304. The van der Waals surface area contributed by atoms with Crippen molar-refractivity contribution in [3.8, 4) is 22.5 Å². The van der Waals surface area contributed by atoms with E-state index in [1.54, 1.807) is 12.4 Å². The van der Waals surface area contributed by atoms with Gasteiger partial charge < -0.3 is 19.5 Å². The summed E-state index contributed by atoms with van der Waals surface area (Å²) in [6.07, 6.45) is 3.48. The third kappa shape index (κ3) is 4.17. The molecule has 1 fully saturated rings. The second-order valence-electron chi connectivity index (χ2n) is 7.27. The fourth-order valence-electron chi connectivity index (χ4n) is 3.64. The lowest BCUT2D eigenvalue weighted by Gasteiger charge is -2.34. The number of nitrogens with zero attached hydrogens (tertiary/aromatic N) is 3. The molecule has 29 heavy (non-hydrogen) atoms. The van der Waals surface area contributed by atoms with Gasteiger partial charge in [0.25, 0.3) is 0 Å². The van der Waals surface area contributed by atoms with Gasteiger partial charge >= 0.3 is 5.97 Å². The molecule has 4 rings (SSSR count). The number of ether oxygens (including phenoxy) is 1. The highest BCUT2D eigenvalue weighted by Gasteiger charge is 2.19. The Morgan fingerprint density at radius 3 is 2.38 bits per heavy atom.